The van der Waals surface area contributed by atoms with Gasteiger partial charge in [-0.05, 0) is 32.9 Å². The predicted octanol–water partition coefficient (Wildman–Crippen LogP) is 4.75. The van der Waals surface area contributed by atoms with Gasteiger partial charge < -0.3 is 4.74 Å². The average molecular weight is 305 g/mol. The van der Waals surface area contributed by atoms with E-state index in [1.807, 2.05) is 30.3 Å². The number of pyridine rings is 1. The Labute approximate surface area is 129 Å². The Kier molecular flexibility index (Phi) is 4.48. The van der Waals surface area contributed by atoms with Gasteiger partial charge in [0.15, 0.2) is 0 Å². The van der Waals surface area contributed by atoms with Crippen molar-refractivity contribution in [3.63, 3.8) is 0 Å². The Morgan fingerprint density at radius 1 is 1.19 bits per heavy atom. The lowest BCUT2D eigenvalue weighted by Crippen LogP contribution is -2.27. The molecule has 1 heterocycles. The summed E-state index contributed by atoms with van der Waals surface area (Å²) < 4.78 is 5.19. The Hall–Kier alpha value is -2.07. The van der Waals surface area contributed by atoms with Gasteiger partial charge in [-0.15, -0.1) is 0 Å². The van der Waals surface area contributed by atoms with Crippen molar-refractivity contribution in [1.82, 2.24) is 4.98 Å². The van der Waals surface area contributed by atoms with E-state index in [9.17, 15) is 4.79 Å². The summed E-state index contributed by atoms with van der Waals surface area (Å²) in [4.78, 5) is 16.1. The summed E-state index contributed by atoms with van der Waals surface area (Å²) in [6.07, 6.45) is -0.559. The fourth-order valence-corrected chi connectivity index (χ4v) is 1.93. The number of carbonyl (C=O) groups is 1. The first kappa shape index (κ1) is 15.3. The van der Waals surface area contributed by atoms with Gasteiger partial charge in [0.2, 0.25) is 0 Å². The maximum atomic E-state index is 11.8. The van der Waals surface area contributed by atoms with Gasteiger partial charge in [-0.2, -0.15) is 0 Å². The molecule has 0 aliphatic carbocycles. The van der Waals surface area contributed by atoms with Crippen LogP contribution in [0.1, 0.15) is 20.8 Å². The van der Waals surface area contributed by atoms with E-state index in [1.165, 1.54) is 0 Å². The van der Waals surface area contributed by atoms with Crippen LogP contribution in [0.15, 0.2) is 42.5 Å². The summed E-state index contributed by atoms with van der Waals surface area (Å²) in [5.41, 5.74) is 1.05. The van der Waals surface area contributed by atoms with Crippen LogP contribution in [0.25, 0.3) is 11.3 Å². The molecule has 0 unspecified atom stereocenters. The van der Waals surface area contributed by atoms with Gasteiger partial charge in [0.05, 0.1) is 5.69 Å². The summed E-state index contributed by atoms with van der Waals surface area (Å²) in [7, 11) is 0. The summed E-state index contributed by atoms with van der Waals surface area (Å²) in [6, 6.07) is 12.9. The zero-order valence-corrected chi connectivity index (χ0v) is 12.9. The fourth-order valence-electron chi connectivity index (χ4n) is 1.73. The van der Waals surface area contributed by atoms with Gasteiger partial charge in [0.1, 0.15) is 11.4 Å². The zero-order valence-electron chi connectivity index (χ0n) is 12.2. The van der Waals surface area contributed by atoms with Crippen molar-refractivity contribution in [2.75, 3.05) is 5.32 Å². The van der Waals surface area contributed by atoms with E-state index >= 15 is 0 Å². The van der Waals surface area contributed by atoms with Crippen molar-refractivity contribution >= 4 is 23.5 Å². The molecule has 1 amide bonds. The van der Waals surface area contributed by atoms with Crippen molar-refractivity contribution in [3.8, 4) is 11.3 Å². The first-order valence-corrected chi connectivity index (χ1v) is 6.94. The molecule has 0 saturated carbocycles. The number of hydrogen-bond donors (Lipinski definition) is 1. The van der Waals surface area contributed by atoms with Crippen LogP contribution < -0.4 is 5.32 Å². The molecule has 0 radical (unpaired) electrons. The molecule has 2 aromatic rings. The van der Waals surface area contributed by atoms with Crippen LogP contribution in [0.2, 0.25) is 5.02 Å². The molecule has 1 aromatic carbocycles. The number of anilines is 1. The van der Waals surface area contributed by atoms with Crippen LogP contribution in [-0.2, 0) is 4.74 Å². The molecule has 0 aliphatic heterocycles. The Balaban J connectivity index is 2.22. The molecular weight excluding hydrogens is 288 g/mol. The third-order valence-electron chi connectivity index (χ3n) is 2.49. The molecule has 4 nitrogen and oxygen atoms in total. The molecule has 0 atom stereocenters. The van der Waals surface area contributed by atoms with Gasteiger partial charge in [0.25, 0.3) is 0 Å². The number of nitrogens with zero attached hydrogens (tertiary/aromatic N) is 1. The lowest BCUT2D eigenvalue weighted by atomic mass is 10.1. The number of halogens is 1. The van der Waals surface area contributed by atoms with Gasteiger partial charge in [-0.3, -0.25) is 5.32 Å². The summed E-state index contributed by atoms with van der Waals surface area (Å²) in [6.45, 7) is 5.40. The van der Waals surface area contributed by atoms with E-state index in [2.05, 4.69) is 10.3 Å². The van der Waals surface area contributed by atoms with Crippen LogP contribution in [0, 0.1) is 0 Å². The molecule has 0 fully saturated rings. The molecular formula is C16H17ClN2O2. The van der Waals surface area contributed by atoms with Crippen LogP contribution >= 0.6 is 11.6 Å². The molecule has 2 rings (SSSR count). The average Bonchev–Trinajstić information content (AvgIpc) is 2.36. The Morgan fingerprint density at radius 3 is 2.48 bits per heavy atom. The second-order valence-electron chi connectivity index (χ2n) is 5.55. The smallest absolute Gasteiger partial charge is 0.413 e. The molecule has 1 N–H and O–H groups in total. The third-order valence-corrected chi connectivity index (χ3v) is 2.71. The van der Waals surface area contributed by atoms with E-state index in [0.29, 0.717) is 16.5 Å². The van der Waals surface area contributed by atoms with Crippen molar-refractivity contribution < 1.29 is 9.53 Å². The summed E-state index contributed by atoms with van der Waals surface area (Å²) >= 11 is 6.08. The number of ether oxygens (including phenoxy) is 1. The largest absolute Gasteiger partial charge is 0.444 e. The van der Waals surface area contributed by atoms with Crippen LogP contribution in [0.4, 0.5) is 10.6 Å². The molecule has 0 aliphatic rings. The SMILES string of the molecule is CC(C)(C)OC(=O)Nc1cc(Cl)cc(-c2ccccc2)n1. The van der Waals surface area contributed by atoms with Gasteiger partial charge in [-0.25, -0.2) is 9.78 Å². The number of benzene rings is 1. The number of nitrogens with one attached hydrogen (secondary N) is 1. The highest BCUT2D eigenvalue weighted by atomic mass is 35.5. The van der Waals surface area contributed by atoms with E-state index in [-0.39, 0.29) is 0 Å². The second kappa shape index (κ2) is 6.14. The van der Waals surface area contributed by atoms with E-state index in [1.54, 1.807) is 32.9 Å². The van der Waals surface area contributed by atoms with Crippen LogP contribution in [0.3, 0.4) is 0 Å². The first-order chi connectivity index (χ1) is 9.83. The van der Waals surface area contributed by atoms with Crippen LogP contribution in [0.5, 0.6) is 0 Å². The highest BCUT2D eigenvalue weighted by molar-refractivity contribution is 6.31. The lowest BCUT2D eigenvalue weighted by molar-refractivity contribution is 0.0635. The minimum absolute atomic E-state index is 0.357. The highest BCUT2D eigenvalue weighted by Gasteiger charge is 2.17. The molecule has 0 bridgehead atoms. The second-order valence-corrected chi connectivity index (χ2v) is 5.99. The quantitative estimate of drug-likeness (QED) is 0.871. The summed E-state index contributed by atoms with van der Waals surface area (Å²) in [5.74, 6) is 0.357. The zero-order chi connectivity index (χ0) is 15.5. The summed E-state index contributed by atoms with van der Waals surface area (Å²) in [5, 5.41) is 3.09. The van der Waals surface area contributed by atoms with E-state index in [4.69, 9.17) is 16.3 Å². The molecule has 0 saturated heterocycles. The number of amides is 1. The molecule has 1 aromatic heterocycles. The lowest BCUT2D eigenvalue weighted by Gasteiger charge is -2.19. The van der Waals surface area contributed by atoms with Crippen molar-refractivity contribution in [3.05, 3.63) is 47.5 Å². The maximum absolute atomic E-state index is 11.8. The van der Waals surface area contributed by atoms with Crippen molar-refractivity contribution in [1.29, 1.82) is 0 Å². The minimum atomic E-state index is -0.565. The molecule has 110 valence electrons. The third kappa shape index (κ3) is 4.76. The van der Waals surface area contributed by atoms with Crippen molar-refractivity contribution in [2.45, 2.75) is 26.4 Å². The van der Waals surface area contributed by atoms with Crippen molar-refractivity contribution in [2.24, 2.45) is 0 Å². The first-order valence-electron chi connectivity index (χ1n) is 6.56. The number of carbonyl (C=O) groups excluding carboxylic acids is 1. The highest BCUT2D eigenvalue weighted by Crippen LogP contribution is 2.24. The predicted molar refractivity (Wildman–Crippen MR) is 84.5 cm³/mol. The maximum Gasteiger partial charge on any atom is 0.413 e. The van der Waals surface area contributed by atoms with E-state index in [0.717, 1.165) is 5.56 Å². The van der Waals surface area contributed by atoms with Gasteiger partial charge in [-0.1, -0.05) is 41.9 Å². The normalized spacial score (nSPS) is 11.0. The Bertz CT molecular complexity index is 636. The Morgan fingerprint density at radius 2 is 1.86 bits per heavy atom. The monoisotopic (exact) mass is 304 g/mol. The molecule has 21 heavy (non-hydrogen) atoms. The minimum Gasteiger partial charge on any atom is -0.444 e. The van der Waals surface area contributed by atoms with Gasteiger partial charge in [0, 0.05) is 10.6 Å². The number of rotatable bonds is 2. The fraction of sp³-hybridized carbons (Fsp3) is 0.250. The topological polar surface area (TPSA) is 51.2 Å². The molecule has 0 spiro atoms. The van der Waals surface area contributed by atoms with Gasteiger partial charge >= 0.3 is 6.09 Å². The molecule has 5 heteroatoms. The number of hydrogen-bond acceptors (Lipinski definition) is 3. The van der Waals surface area contributed by atoms with Crippen LogP contribution in [-0.4, -0.2) is 16.7 Å². The number of aromatic nitrogens is 1. The standard InChI is InChI=1S/C16H17ClN2O2/c1-16(2,3)21-15(20)19-14-10-12(17)9-13(18-14)11-7-5-4-6-8-11/h4-10H,1-3H3,(H,18,19,20). The van der Waals surface area contributed by atoms with E-state index < -0.39 is 11.7 Å².